The standard InChI is InChI=1S/C17H15N3O2/c18-17-15(10-12-4-2-1-3-5-12)19-16(11-20(17)22)13-6-8-14(21)9-7-13/h1-9,11,18,21-22H,10H2. The molecule has 1 heterocycles. The summed E-state index contributed by atoms with van der Waals surface area (Å²) >= 11 is 0. The lowest BCUT2D eigenvalue weighted by atomic mass is 10.1. The lowest BCUT2D eigenvalue weighted by Gasteiger charge is -2.08. The van der Waals surface area contributed by atoms with Crippen molar-refractivity contribution in [3.63, 3.8) is 0 Å². The van der Waals surface area contributed by atoms with Crippen LogP contribution in [0, 0.1) is 5.41 Å². The van der Waals surface area contributed by atoms with Gasteiger partial charge in [0.1, 0.15) is 5.75 Å². The second-order valence-electron chi connectivity index (χ2n) is 4.98. The van der Waals surface area contributed by atoms with Crippen LogP contribution >= 0.6 is 0 Å². The number of hydrogen-bond donors (Lipinski definition) is 3. The van der Waals surface area contributed by atoms with E-state index in [-0.39, 0.29) is 11.2 Å². The van der Waals surface area contributed by atoms with Gasteiger partial charge in [0.2, 0.25) is 0 Å². The fourth-order valence-corrected chi connectivity index (χ4v) is 2.22. The lowest BCUT2D eigenvalue weighted by molar-refractivity contribution is 0.168. The molecule has 3 rings (SSSR count). The molecule has 0 bridgehead atoms. The van der Waals surface area contributed by atoms with Gasteiger partial charge in [0.15, 0.2) is 5.49 Å². The van der Waals surface area contributed by atoms with Gasteiger partial charge in [-0.25, -0.2) is 4.98 Å². The Hall–Kier alpha value is -3.08. The molecule has 0 aliphatic heterocycles. The molecule has 0 aliphatic carbocycles. The fourth-order valence-electron chi connectivity index (χ4n) is 2.22. The average molecular weight is 293 g/mol. The third-order valence-electron chi connectivity index (χ3n) is 3.38. The van der Waals surface area contributed by atoms with Gasteiger partial charge in [-0.3, -0.25) is 5.41 Å². The minimum atomic E-state index is -0.0358. The van der Waals surface area contributed by atoms with Crippen LogP contribution in [0.1, 0.15) is 11.3 Å². The van der Waals surface area contributed by atoms with Crippen LogP contribution in [0.5, 0.6) is 5.75 Å². The maximum atomic E-state index is 9.91. The molecule has 0 fully saturated rings. The topological polar surface area (TPSA) is 82.1 Å². The Labute approximate surface area is 127 Å². The second-order valence-corrected chi connectivity index (χ2v) is 4.98. The molecule has 0 spiro atoms. The molecular weight excluding hydrogens is 278 g/mol. The smallest absolute Gasteiger partial charge is 0.182 e. The minimum Gasteiger partial charge on any atom is -0.508 e. The summed E-state index contributed by atoms with van der Waals surface area (Å²) in [5.74, 6) is 0.169. The van der Waals surface area contributed by atoms with E-state index in [1.165, 1.54) is 6.20 Å². The van der Waals surface area contributed by atoms with Gasteiger partial charge in [-0.15, -0.1) is 0 Å². The summed E-state index contributed by atoms with van der Waals surface area (Å²) in [5.41, 5.74) is 2.77. The van der Waals surface area contributed by atoms with Gasteiger partial charge in [0.05, 0.1) is 17.6 Å². The predicted octanol–water partition coefficient (Wildman–Crippen LogP) is 2.56. The molecule has 0 unspecified atom stereocenters. The molecule has 0 aliphatic rings. The first-order valence-corrected chi connectivity index (χ1v) is 6.83. The summed E-state index contributed by atoms with van der Waals surface area (Å²) in [6, 6.07) is 16.2. The molecule has 3 aromatic rings. The van der Waals surface area contributed by atoms with E-state index in [0.29, 0.717) is 17.8 Å². The fraction of sp³-hybridized carbons (Fsp3) is 0.0588. The number of aromatic hydroxyl groups is 1. The molecule has 5 nitrogen and oxygen atoms in total. The minimum absolute atomic E-state index is 0.0358. The molecule has 0 saturated carbocycles. The van der Waals surface area contributed by atoms with Gasteiger partial charge in [-0.05, 0) is 29.8 Å². The number of benzene rings is 2. The van der Waals surface area contributed by atoms with E-state index in [0.717, 1.165) is 15.9 Å². The number of nitrogens with one attached hydrogen (secondary N) is 1. The Bertz CT molecular complexity index is 840. The summed E-state index contributed by atoms with van der Waals surface area (Å²) in [6.45, 7) is 0. The van der Waals surface area contributed by atoms with Gasteiger partial charge >= 0.3 is 0 Å². The number of nitrogens with zero attached hydrogens (tertiary/aromatic N) is 2. The molecule has 22 heavy (non-hydrogen) atoms. The van der Waals surface area contributed by atoms with Crippen LogP contribution in [0.15, 0.2) is 60.8 Å². The molecule has 1 aromatic heterocycles. The molecule has 0 radical (unpaired) electrons. The number of aromatic nitrogens is 2. The van der Waals surface area contributed by atoms with Crippen LogP contribution in [0.25, 0.3) is 11.3 Å². The predicted molar refractivity (Wildman–Crippen MR) is 81.6 cm³/mol. The average Bonchev–Trinajstić information content (AvgIpc) is 2.53. The van der Waals surface area contributed by atoms with Crippen molar-refractivity contribution in [2.75, 3.05) is 0 Å². The number of hydrogen-bond acceptors (Lipinski definition) is 4. The van der Waals surface area contributed by atoms with Crippen LogP contribution in [0.4, 0.5) is 0 Å². The van der Waals surface area contributed by atoms with Crippen molar-refractivity contribution in [2.45, 2.75) is 6.42 Å². The third-order valence-corrected chi connectivity index (χ3v) is 3.38. The molecule has 0 atom stereocenters. The zero-order chi connectivity index (χ0) is 15.5. The highest BCUT2D eigenvalue weighted by Gasteiger charge is 2.08. The van der Waals surface area contributed by atoms with Gasteiger partial charge in [0.25, 0.3) is 0 Å². The summed E-state index contributed by atoms with van der Waals surface area (Å²) in [7, 11) is 0. The number of rotatable bonds is 3. The lowest BCUT2D eigenvalue weighted by Crippen LogP contribution is -2.24. The Morgan fingerprint density at radius 2 is 1.68 bits per heavy atom. The van der Waals surface area contributed by atoms with Crippen molar-refractivity contribution in [3.8, 4) is 17.0 Å². The van der Waals surface area contributed by atoms with Crippen LogP contribution in [0.3, 0.4) is 0 Å². The van der Waals surface area contributed by atoms with Crippen LogP contribution in [-0.2, 0) is 6.42 Å². The first kappa shape index (κ1) is 13.9. The normalized spacial score (nSPS) is 10.5. The van der Waals surface area contributed by atoms with Gasteiger partial charge in [-0.1, -0.05) is 30.3 Å². The highest BCUT2D eigenvalue weighted by molar-refractivity contribution is 5.59. The second kappa shape index (κ2) is 5.73. The maximum Gasteiger partial charge on any atom is 0.182 e. The molecular formula is C17H15N3O2. The zero-order valence-electron chi connectivity index (χ0n) is 11.8. The molecule has 0 saturated heterocycles. The van der Waals surface area contributed by atoms with E-state index in [1.807, 2.05) is 30.3 Å². The monoisotopic (exact) mass is 293 g/mol. The van der Waals surface area contributed by atoms with Crippen LogP contribution < -0.4 is 5.49 Å². The van der Waals surface area contributed by atoms with Crippen molar-refractivity contribution in [2.24, 2.45) is 0 Å². The Balaban J connectivity index is 2.03. The van der Waals surface area contributed by atoms with Gasteiger partial charge in [-0.2, -0.15) is 4.73 Å². The van der Waals surface area contributed by atoms with E-state index < -0.39 is 0 Å². The molecule has 3 N–H and O–H groups in total. The zero-order valence-corrected chi connectivity index (χ0v) is 11.8. The Morgan fingerprint density at radius 1 is 1.00 bits per heavy atom. The van der Waals surface area contributed by atoms with Crippen LogP contribution in [-0.4, -0.2) is 20.0 Å². The number of phenolic OH excluding ortho intramolecular Hbond substituents is 1. The van der Waals surface area contributed by atoms with Crippen molar-refractivity contribution < 1.29 is 10.3 Å². The molecule has 0 amide bonds. The summed E-state index contributed by atoms with van der Waals surface area (Å²) < 4.78 is 0.771. The Kier molecular flexibility index (Phi) is 3.62. The molecule has 2 aromatic carbocycles. The Morgan fingerprint density at radius 3 is 2.36 bits per heavy atom. The quantitative estimate of drug-likeness (QED) is 0.649. The van der Waals surface area contributed by atoms with E-state index >= 15 is 0 Å². The maximum absolute atomic E-state index is 9.91. The summed E-state index contributed by atoms with van der Waals surface area (Å²) in [5, 5.41) is 27.2. The van der Waals surface area contributed by atoms with E-state index in [2.05, 4.69) is 4.98 Å². The van der Waals surface area contributed by atoms with Crippen molar-refractivity contribution in [3.05, 3.63) is 77.5 Å². The summed E-state index contributed by atoms with van der Waals surface area (Å²) in [6.07, 6.45) is 1.86. The van der Waals surface area contributed by atoms with E-state index in [9.17, 15) is 10.3 Å². The largest absolute Gasteiger partial charge is 0.508 e. The SMILES string of the molecule is N=c1c(Cc2ccccc2)nc(-c2ccc(O)cc2)cn1O. The van der Waals surface area contributed by atoms with Gasteiger partial charge in [0, 0.05) is 12.0 Å². The molecule has 5 heteroatoms. The first-order valence-electron chi connectivity index (χ1n) is 6.83. The van der Waals surface area contributed by atoms with Crippen molar-refractivity contribution in [1.29, 1.82) is 5.41 Å². The van der Waals surface area contributed by atoms with Crippen LogP contribution in [0.2, 0.25) is 0 Å². The van der Waals surface area contributed by atoms with Gasteiger partial charge < -0.3 is 10.3 Å². The number of phenols is 1. The summed E-state index contributed by atoms with van der Waals surface area (Å²) in [4.78, 5) is 4.48. The highest BCUT2D eigenvalue weighted by Crippen LogP contribution is 2.19. The molecule has 110 valence electrons. The van der Waals surface area contributed by atoms with E-state index in [1.54, 1.807) is 24.3 Å². The van der Waals surface area contributed by atoms with Crippen molar-refractivity contribution >= 4 is 0 Å². The third kappa shape index (κ3) is 2.83. The first-order chi connectivity index (χ1) is 10.6. The van der Waals surface area contributed by atoms with E-state index in [4.69, 9.17) is 5.41 Å². The highest BCUT2D eigenvalue weighted by atomic mass is 16.5. The van der Waals surface area contributed by atoms with Crippen molar-refractivity contribution in [1.82, 2.24) is 9.71 Å².